The number of rotatable bonds is 7. The van der Waals surface area contributed by atoms with Crippen molar-refractivity contribution in [2.24, 2.45) is 0 Å². The van der Waals surface area contributed by atoms with Crippen molar-refractivity contribution in [3.05, 3.63) is 48.7 Å². The molecule has 180 valence electrons. The van der Waals surface area contributed by atoms with Crippen LogP contribution in [-0.2, 0) is 4.79 Å². The molecule has 3 rings (SSSR count). The molecule has 0 saturated carbocycles. The fourth-order valence-electron chi connectivity index (χ4n) is 2.96. The van der Waals surface area contributed by atoms with E-state index in [2.05, 4.69) is 46.4 Å². The molecule has 1 amide bonds. The molecule has 34 heavy (non-hydrogen) atoms. The van der Waals surface area contributed by atoms with Gasteiger partial charge in [-0.15, -0.1) is 11.3 Å². The highest BCUT2D eigenvalue weighted by molar-refractivity contribution is 7.97. The van der Waals surface area contributed by atoms with E-state index in [0.717, 1.165) is 37.3 Å². The van der Waals surface area contributed by atoms with E-state index in [0.29, 0.717) is 5.11 Å². The topological polar surface area (TPSA) is 78.1 Å². The minimum Gasteiger partial charge on any atom is -0.360 e. The lowest BCUT2D eigenvalue weighted by molar-refractivity contribution is -0.114. The summed E-state index contributed by atoms with van der Waals surface area (Å²) in [6.45, 7) is 12.0. The number of nitrogens with one attached hydrogen (secondary N) is 4. The minimum atomic E-state index is -0.0914. The average molecular weight is 514 g/mol. The van der Waals surface area contributed by atoms with Gasteiger partial charge < -0.3 is 16.0 Å². The normalized spacial score (nSPS) is 11.4. The molecule has 6 nitrogen and oxygen atoms in total. The molecule has 0 spiro atoms. The predicted molar refractivity (Wildman–Crippen MR) is 151 cm³/mol. The molecule has 0 atom stereocenters. The summed E-state index contributed by atoms with van der Waals surface area (Å²) < 4.78 is 3.47. The fraction of sp³-hybridized carbons (Fsp3) is 0.320. The van der Waals surface area contributed by atoms with Crippen molar-refractivity contribution in [3.8, 4) is 21.0 Å². The van der Waals surface area contributed by atoms with Gasteiger partial charge in [0.15, 0.2) is 5.11 Å². The second kappa shape index (κ2) is 11.3. The Morgan fingerprint density at radius 1 is 1.06 bits per heavy atom. The first-order valence-corrected chi connectivity index (χ1v) is 13.0. The van der Waals surface area contributed by atoms with Crippen LogP contribution in [0.5, 0.6) is 0 Å². The van der Waals surface area contributed by atoms with E-state index < -0.39 is 0 Å². The zero-order valence-electron chi connectivity index (χ0n) is 20.3. The van der Waals surface area contributed by atoms with Gasteiger partial charge in [0.05, 0.1) is 4.88 Å². The Morgan fingerprint density at radius 2 is 1.74 bits per heavy atom. The maximum Gasteiger partial charge on any atom is 0.221 e. The lowest BCUT2D eigenvalue weighted by Gasteiger charge is -2.20. The van der Waals surface area contributed by atoms with Gasteiger partial charge in [-0.25, -0.2) is 4.98 Å². The van der Waals surface area contributed by atoms with Crippen LogP contribution in [0, 0.1) is 0 Å². The minimum absolute atomic E-state index is 0.0619. The number of carbonyl (C=O) groups excluding carboxylic acids is 1. The largest absolute Gasteiger partial charge is 0.360 e. The molecular formula is C25H31N5OS3. The summed E-state index contributed by atoms with van der Waals surface area (Å²) in [4.78, 5) is 18.3. The number of amides is 1. The Morgan fingerprint density at radius 3 is 2.35 bits per heavy atom. The molecule has 0 unspecified atom stereocenters. The number of benzene rings is 2. The van der Waals surface area contributed by atoms with Crippen LogP contribution in [0.2, 0.25) is 0 Å². The van der Waals surface area contributed by atoms with Crippen molar-refractivity contribution in [1.82, 2.24) is 15.0 Å². The fourth-order valence-corrected chi connectivity index (χ4v) is 5.23. The third-order valence-corrected chi connectivity index (χ3v) is 6.92. The molecule has 1 heterocycles. The summed E-state index contributed by atoms with van der Waals surface area (Å²) in [5, 5.41) is 10.8. The van der Waals surface area contributed by atoms with Gasteiger partial charge in [-0.3, -0.25) is 9.52 Å². The highest BCUT2D eigenvalue weighted by atomic mass is 32.2. The van der Waals surface area contributed by atoms with Gasteiger partial charge in [0.1, 0.15) is 5.01 Å². The van der Waals surface area contributed by atoms with E-state index in [4.69, 9.17) is 12.2 Å². The van der Waals surface area contributed by atoms with E-state index in [-0.39, 0.29) is 17.5 Å². The van der Waals surface area contributed by atoms with Crippen LogP contribution in [0.3, 0.4) is 0 Å². The van der Waals surface area contributed by atoms with Crippen LogP contribution in [-0.4, -0.2) is 27.6 Å². The molecule has 0 aliphatic carbocycles. The number of hydrogen-bond acceptors (Lipinski definition) is 6. The molecule has 0 radical (unpaired) electrons. The van der Waals surface area contributed by atoms with Gasteiger partial charge in [0.25, 0.3) is 0 Å². The molecule has 1 aromatic heterocycles. The van der Waals surface area contributed by atoms with Crippen molar-refractivity contribution < 1.29 is 4.79 Å². The van der Waals surface area contributed by atoms with Crippen LogP contribution in [0.1, 0.15) is 41.5 Å². The number of hydrogen-bond donors (Lipinski definition) is 4. The van der Waals surface area contributed by atoms with E-state index in [1.807, 2.05) is 62.5 Å². The van der Waals surface area contributed by atoms with Crippen molar-refractivity contribution in [2.75, 3.05) is 10.6 Å². The zero-order valence-corrected chi connectivity index (χ0v) is 22.7. The molecule has 0 saturated heterocycles. The monoisotopic (exact) mass is 513 g/mol. The number of nitrogens with zero attached hydrogens (tertiary/aromatic N) is 1. The average Bonchev–Trinajstić information content (AvgIpc) is 3.21. The summed E-state index contributed by atoms with van der Waals surface area (Å²) in [6, 6.07) is 14.3. The van der Waals surface area contributed by atoms with E-state index in [1.54, 1.807) is 23.3 Å². The van der Waals surface area contributed by atoms with E-state index in [9.17, 15) is 4.79 Å². The number of thiazole rings is 1. The van der Waals surface area contributed by atoms with E-state index >= 15 is 0 Å². The number of anilines is 2. The summed E-state index contributed by atoms with van der Waals surface area (Å²) in [7, 11) is 0. The van der Waals surface area contributed by atoms with Gasteiger partial charge >= 0.3 is 0 Å². The van der Waals surface area contributed by atoms with Gasteiger partial charge in [0.2, 0.25) is 5.91 Å². The van der Waals surface area contributed by atoms with Crippen LogP contribution in [0.4, 0.5) is 11.4 Å². The number of carbonyl (C=O) groups is 1. The first kappa shape index (κ1) is 26.2. The first-order chi connectivity index (χ1) is 16.0. The lowest BCUT2D eigenvalue weighted by atomic mass is 10.1. The van der Waals surface area contributed by atoms with Crippen molar-refractivity contribution in [1.29, 1.82) is 0 Å². The summed E-state index contributed by atoms with van der Waals surface area (Å²) in [5.74, 6) is -0.0914. The third-order valence-electron chi connectivity index (χ3n) is 4.35. The van der Waals surface area contributed by atoms with Gasteiger partial charge in [-0.2, -0.15) is 0 Å². The first-order valence-electron chi connectivity index (χ1n) is 11.0. The van der Waals surface area contributed by atoms with Crippen LogP contribution in [0.25, 0.3) is 21.0 Å². The third kappa shape index (κ3) is 7.80. The van der Waals surface area contributed by atoms with Gasteiger partial charge in [-0.1, -0.05) is 6.07 Å². The lowest BCUT2D eigenvalue weighted by Crippen LogP contribution is -2.33. The molecule has 9 heteroatoms. The Labute approximate surface area is 215 Å². The molecule has 0 bridgehead atoms. The van der Waals surface area contributed by atoms with Crippen LogP contribution < -0.4 is 20.7 Å². The van der Waals surface area contributed by atoms with Crippen molar-refractivity contribution >= 4 is 57.9 Å². The quantitative estimate of drug-likeness (QED) is 0.211. The SMILES string of the molecule is CC(=O)Nc1ccc(-c2cnc(-c3ccc(NC(=S)NC(C)C)cc3)s2)c(SNC(C)(C)C)c1. The van der Waals surface area contributed by atoms with Crippen LogP contribution in [0.15, 0.2) is 53.6 Å². The maximum absolute atomic E-state index is 11.5. The van der Waals surface area contributed by atoms with Crippen molar-refractivity contribution in [3.63, 3.8) is 0 Å². The zero-order chi connectivity index (χ0) is 24.9. The molecule has 3 aromatic rings. The van der Waals surface area contributed by atoms with Crippen LogP contribution >= 0.6 is 35.5 Å². The predicted octanol–water partition coefficient (Wildman–Crippen LogP) is 6.53. The highest BCUT2D eigenvalue weighted by Gasteiger charge is 2.16. The molecule has 0 fully saturated rings. The number of aromatic nitrogens is 1. The molecule has 0 aliphatic rings. The Bertz CT molecular complexity index is 1150. The summed E-state index contributed by atoms with van der Waals surface area (Å²) in [5.41, 5.74) is 3.75. The Hall–Kier alpha value is -2.46. The molecule has 0 aliphatic heterocycles. The summed E-state index contributed by atoms with van der Waals surface area (Å²) in [6.07, 6.45) is 1.91. The Kier molecular flexibility index (Phi) is 8.70. The van der Waals surface area contributed by atoms with Gasteiger partial charge in [0, 0.05) is 52.1 Å². The van der Waals surface area contributed by atoms with E-state index in [1.165, 1.54) is 6.92 Å². The summed E-state index contributed by atoms with van der Waals surface area (Å²) >= 11 is 8.52. The second-order valence-corrected chi connectivity index (χ2v) is 11.5. The molecule has 2 aromatic carbocycles. The number of thiocarbonyl (C=S) groups is 1. The highest BCUT2D eigenvalue weighted by Crippen LogP contribution is 2.38. The Balaban J connectivity index is 1.83. The van der Waals surface area contributed by atoms with Gasteiger partial charge in [-0.05, 0) is 95.2 Å². The van der Waals surface area contributed by atoms with Crippen molar-refractivity contribution in [2.45, 2.75) is 58.0 Å². The molecular weight excluding hydrogens is 483 g/mol. The maximum atomic E-state index is 11.5. The molecule has 4 N–H and O–H groups in total. The standard InChI is InChI=1S/C25H31N5OS3/c1-15(2)27-24(32)29-18-9-7-17(8-10-18)23-26-14-22(33-23)20-12-11-19(28-16(3)31)13-21(20)34-30-25(4,5)6/h7-15,30H,1-6H3,(H,28,31)(H2,27,29,32). The second-order valence-electron chi connectivity index (χ2n) is 9.21. The smallest absolute Gasteiger partial charge is 0.221 e.